The van der Waals surface area contributed by atoms with E-state index in [9.17, 15) is 22.4 Å². The SMILES string of the molecule is O=c1[nH]c(-c2ccc3c(c2)nc(CN2CCc4cc(C(F)(F)F)c(OCc5ccc(Cl)cc5F)nc4C2)n3C[C@@H]2CCO2)no1. The molecule has 0 bridgehead atoms. The molecule has 5 aromatic rings. The minimum absolute atomic E-state index is 0.0439. The van der Waals surface area contributed by atoms with Crippen molar-refractivity contribution in [2.24, 2.45) is 0 Å². The zero-order chi connectivity index (χ0) is 31.3. The van der Waals surface area contributed by atoms with Crippen molar-refractivity contribution in [3.05, 3.63) is 92.1 Å². The van der Waals surface area contributed by atoms with Gasteiger partial charge in [-0.05, 0) is 54.8 Å². The Kier molecular flexibility index (Phi) is 7.58. The summed E-state index contributed by atoms with van der Waals surface area (Å²) in [5.74, 6) is -0.919. The summed E-state index contributed by atoms with van der Waals surface area (Å²) in [5.41, 5.74) is 2.16. The molecular weight excluding hydrogens is 620 g/mol. The molecule has 7 rings (SSSR count). The van der Waals surface area contributed by atoms with Crippen molar-refractivity contribution in [3.63, 3.8) is 0 Å². The van der Waals surface area contributed by atoms with Gasteiger partial charge in [-0.25, -0.2) is 19.2 Å². The number of aromatic nitrogens is 5. The number of nitrogens with one attached hydrogen (secondary N) is 1. The molecule has 5 heterocycles. The van der Waals surface area contributed by atoms with Gasteiger partial charge in [-0.2, -0.15) is 13.2 Å². The van der Waals surface area contributed by atoms with E-state index in [2.05, 4.69) is 29.1 Å². The number of hydrogen-bond donors (Lipinski definition) is 1. The third kappa shape index (κ3) is 6.04. The van der Waals surface area contributed by atoms with Crippen molar-refractivity contribution >= 4 is 22.6 Å². The fraction of sp³-hybridized carbons (Fsp3) is 0.333. The van der Waals surface area contributed by atoms with E-state index in [1.54, 1.807) is 0 Å². The molecule has 45 heavy (non-hydrogen) atoms. The smallest absolute Gasteiger partial charge is 0.439 e. The second-order valence-electron chi connectivity index (χ2n) is 11.0. The molecule has 0 aliphatic carbocycles. The van der Waals surface area contributed by atoms with Crippen LogP contribution in [0.15, 0.2) is 51.8 Å². The van der Waals surface area contributed by atoms with Crippen molar-refractivity contribution in [3.8, 4) is 17.3 Å². The molecule has 0 spiro atoms. The molecule has 1 fully saturated rings. The Balaban J connectivity index is 1.16. The Labute approximate surface area is 257 Å². The van der Waals surface area contributed by atoms with Gasteiger partial charge in [-0.3, -0.25) is 14.4 Å². The van der Waals surface area contributed by atoms with Crippen LogP contribution >= 0.6 is 11.6 Å². The number of imidazole rings is 1. The van der Waals surface area contributed by atoms with E-state index >= 15 is 0 Å². The Hall–Kier alpha value is -4.27. The summed E-state index contributed by atoms with van der Waals surface area (Å²) in [6, 6.07) is 10.5. The van der Waals surface area contributed by atoms with Crippen LogP contribution in [-0.4, -0.2) is 48.8 Å². The lowest BCUT2D eigenvalue weighted by Gasteiger charge is -2.30. The lowest BCUT2D eigenvalue weighted by molar-refractivity contribution is -0.139. The first-order valence-corrected chi connectivity index (χ1v) is 14.5. The molecule has 0 saturated carbocycles. The maximum atomic E-state index is 14.3. The zero-order valence-corrected chi connectivity index (χ0v) is 24.3. The monoisotopic (exact) mass is 644 g/mol. The average molecular weight is 645 g/mol. The summed E-state index contributed by atoms with van der Waals surface area (Å²) in [6.07, 6.45) is -3.41. The van der Waals surface area contributed by atoms with Gasteiger partial charge >= 0.3 is 11.9 Å². The van der Waals surface area contributed by atoms with Crippen molar-refractivity contribution in [1.82, 2.24) is 29.6 Å². The van der Waals surface area contributed by atoms with E-state index in [1.807, 2.05) is 18.2 Å². The third-order valence-electron chi connectivity index (χ3n) is 8.00. The van der Waals surface area contributed by atoms with Gasteiger partial charge in [0.25, 0.3) is 0 Å². The molecule has 2 aliphatic heterocycles. The molecule has 1 N–H and O–H groups in total. The molecule has 0 unspecified atom stereocenters. The molecule has 1 saturated heterocycles. The largest absolute Gasteiger partial charge is 0.472 e. The molecular formula is C30H25ClF4N6O4. The van der Waals surface area contributed by atoms with E-state index in [0.717, 1.165) is 29.9 Å². The molecule has 234 valence electrons. The second-order valence-corrected chi connectivity index (χ2v) is 11.4. The molecule has 1 atom stereocenters. The lowest BCUT2D eigenvalue weighted by Crippen LogP contribution is -2.34. The van der Waals surface area contributed by atoms with Gasteiger partial charge in [-0.15, -0.1) is 0 Å². The first-order valence-electron chi connectivity index (χ1n) is 14.2. The van der Waals surface area contributed by atoms with Crippen LogP contribution in [0.25, 0.3) is 22.4 Å². The maximum Gasteiger partial charge on any atom is 0.439 e. The number of rotatable bonds is 8. The minimum atomic E-state index is -4.71. The van der Waals surface area contributed by atoms with Crippen molar-refractivity contribution < 1.29 is 31.6 Å². The van der Waals surface area contributed by atoms with E-state index < -0.39 is 35.8 Å². The topological polar surface area (TPSA) is 111 Å². The van der Waals surface area contributed by atoms with Gasteiger partial charge in [0, 0.05) is 35.8 Å². The summed E-state index contributed by atoms with van der Waals surface area (Å²) >= 11 is 5.79. The van der Waals surface area contributed by atoms with Crippen molar-refractivity contribution in [2.75, 3.05) is 13.2 Å². The summed E-state index contributed by atoms with van der Waals surface area (Å²) in [5, 5.41) is 3.92. The molecule has 2 aliphatic rings. The van der Waals surface area contributed by atoms with Crippen molar-refractivity contribution in [2.45, 2.75) is 51.4 Å². The predicted octanol–water partition coefficient (Wildman–Crippen LogP) is 5.51. The fourth-order valence-corrected chi connectivity index (χ4v) is 5.73. The Morgan fingerprint density at radius 2 is 1.98 bits per heavy atom. The Morgan fingerprint density at radius 3 is 2.69 bits per heavy atom. The van der Waals surface area contributed by atoms with E-state index in [-0.39, 0.29) is 29.1 Å². The van der Waals surface area contributed by atoms with Crippen LogP contribution in [0, 0.1) is 5.82 Å². The molecule has 0 amide bonds. The Bertz CT molecular complexity index is 1950. The number of alkyl halides is 3. The lowest BCUT2D eigenvalue weighted by atomic mass is 10.0. The van der Waals surface area contributed by atoms with E-state index in [4.69, 9.17) is 26.1 Å². The first-order chi connectivity index (χ1) is 21.6. The van der Waals surface area contributed by atoms with Gasteiger partial charge in [0.2, 0.25) is 5.88 Å². The molecule has 2 aromatic carbocycles. The number of ether oxygens (including phenoxy) is 2. The summed E-state index contributed by atoms with van der Waals surface area (Å²) < 4.78 is 74.1. The van der Waals surface area contributed by atoms with E-state index in [0.29, 0.717) is 55.0 Å². The van der Waals surface area contributed by atoms with Gasteiger partial charge in [0.15, 0.2) is 5.82 Å². The number of hydrogen-bond acceptors (Lipinski definition) is 8. The summed E-state index contributed by atoms with van der Waals surface area (Å²) in [4.78, 5) is 25.2. The number of halogens is 5. The molecule has 3 aromatic heterocycles. The Morgan fingerprint density at radius 1 is 1.13 bits per heavy atom. The van der Waals surface area contributed by atoms with Gasteiger partial charge in [-0.1, -0.05) is 22.8 Å². The van der Waals surface area contributed by atoms with Crippen LogP contribution in [0.1, 0.15) is 34.6 Å². The maximum absolute atomic E-state index is 14.3. The van der Waals surface area contributed by atoms with Crippen molar-refractivity contribution in [1.29, 1.82) is 0 Å². The number of aromatic amines is 1. The number of benzene rings is 2. The highest BCUT2D eigenvalue weighted by molar-refractivity contribution is 6.30. The van der Waals surface area contributed by atoms with Crippen LogP contribution in [-0.2, 0) is 43.6 Å². The second kappa shape index (κ2) is 11.6. The zero-order valence-electron chi connectivity index (χ0n) is 23.5. The highest BCUT2D eigenvalue weighted by atomic mass is 35.5. The fourth-order valence-electron chi connectivity index (χ4n) is 5.57. The van der Waals surface area contributed by atoms with Crippen LogP contribution in [0.3, 0.4) is 0 Å². The molecule has 10 nitrogen and oxygen atoms in total. The summed E-state index contributed by atoms with van der Waals surface area (Å²) in [7, 11) is 0. The van der Waals surface area contributed by atoms with Crippen LogP contribution in [0.2, 0.25) is 5.02 Å². The summed E-state index contributed by atoms with van der Waals surface area (Å²) in [6.45, 7) is 1.97. The number of fused-ring (bicyclic) bond motifs is 2. The number of nitrogens with zero attached hydrogens (tertiary/aromatic N) is 5. The number of H-pyrrole nitrogens is 1. The first kappa shape index (κ1) is 29.4. The predicted molar refractivity (Wildman–Crippen MR) is 153 cm³/mol. The third-order valence-corrected chi connectivity index (χ3v) is 8.23. The standard InChI is InChI=1S/C30H25ClF4N6O4/c31-19-3-1-18(22(32)11-19)15-44-28-21(30(33,34)35)9-16-5-7-40(13-24(16)37-28)14-26-36-23-10-17(27-38-29(42)45-39-27)2-4-25(23)41(26)12-20-6-8-43-20/h1-4,9-11,20H,5-8,12-15H2,(H,38,39,42)/t20-/m0/s1. The normalized spacial score (nSPS) is 17.0. The molecule has 15 heteroatoms. The van der Waals surface area contributed by atoms with E-state index in [1.165, 1.54) is 12.1 Å². The van der Waals surface area contributed by atoms with Gasteiger partial charge in [0.1, 0.15) is 23.8 Å². The van der Waals surface area contributed by atoms with Crippen LogP contribution in [0.4, 0.5) is 17.6 Å². The average Bonchev–Trinajstić information content (AvgIpc) is 3.55. The minimum Gasteiger partial charge on any atom is -0.472 e. The van der Waals surface area contributed by atoms with Gasteiger partial charge in [0.05, 0.1) is 35.9 Å². The van der Waals surface area contributed by atoms with Crippen LogP contribution < -0.4 is 10.5 Å². The highest BCUT2D eigenvalue weighted by Crippen LogP contribution is 2.38. The number of pyridine rings is 1. The van der Waals surface area contributed by atoms with Gasteiger partial charge < -0.3 is 14.0 Å². The quantitative estimate of drug-likeness (QED) is 0.220. The molecule has 0 radical (unpaired) electrons. The van der Waals surface area contributed by atoms with Crippen LogP contribution in [0.5, 0.6) is 5.88 Å². The highest BCUT2D eigenvalue weighted by Gasteiger charge is 2.37.